The van der Waals surface area contributed by atoms with E-state index in [-0.39, 0.29) is 11.2 Å². The minimum absolute atomic E-state index is 0.134. The number of hydrogen-bond donors (Lipinski definition) is 2. The molecule has 4 aromatic rings. The number of amides is 1. The van der Waals surface area contributed by atoms with E-state index in [0.717, 1.165) is 59.1 Å². The number of anilines is 1. The van der Waals surface area contributed by atoms with Gasteiger partial charge in [0.1, 0.15) is 12.1 Å². The summed E-state index contributed by atoms with van der Waals surface area (Å²) in [5, 5.41) is 7.21. The van der Waals surface area contributed by atoms with Crippen LogP contribution >= 0.6 is 11.8 Å². The Morgan fingerprint density at radius 3 is 2.61 bits per heavy atom. The summed E-state index contributed by atoms with van der Waals surface area (Å²) >= 11 is 1.75. The van der Waals surface area contributed by atoms with E-state index in [0.29, 0.717) is 36.9 Å². The van der Waals surface area contributed by atoms with Crippen LogP contribution in [0.1, 0.15) is 34.5 Å². The van der Waals surface area contributed by atoms with Gasteiger partial charge < -0.3 is 10.6 Å². The van der Waals surface area contributed by atoms with Gasteiger partial charge in [-0.2, -0.15) is 24.9 Å². The number of fused-ring (bicyclic) bond motifs is 1. The Bertz CT molecular complexity index is 1560. The highest BCUT2D eigenvalue weighted by Crippen LogP contribution is 2.27. The molecule has 5 rings (SSSR count). The van der Waals surface area contributed by atoms with Crippen molar-refractivity contribution in [3.63, 3.8) is 0 Å². The van der Waals surface area contributed by atoms with E-state index < -0.39 is 12.7 Å². The van der Waals surface area contributed by atoms with E-state index in [1.807, 2.05) is 30.3 Å². The van der Waals surface area contributed by atoms with Crippen LogP contribution in [0.5, 0.6) is 0 Å². The van der Waals surface area contributed by atoms with Crippen molar-refractivity contribution in [3.05, 3.63) is 78.0 Å². The summed E-state index contributed by atoms with van der Waals surface area (Å²) in [5.41, 5.74) is 5.08. The van der Waals surface area contributed by atoms with Gasteiger partial charge in [0.05, 0.1) is 23.3 Å². The quantitative estimate of drug-likeness (QED) is 0.221. The van der Waals surface area contributed by atoms with Gasteiger partial charge in [0.15, 0.2) is 0 Å². The Morgan fingerprint density at radius 2 is 1.91 bits per heavy atom. The molecule has 1 aromatic carbocycles. The van der Waals surface area contributed by atoms with Crippen molar-refractivity contribution in [3.8, 4) is 11.3 Å². The number of halogens is 3. The van der Waals surface area contributed by atoms with Crippen molar-refractivity contribution in [2.24, 2.45) is 5.92 Å². The van der Waals surface area contributed by atoms with Crippen molar-refractivity contribution >= 4 is 34.4 Å². The topological polar surface area (TPSA) is 95.9 Å². The summed E-state index contributed by atoms with van der Waals surface area (Å²) in [6, 6.07) is 13.6. The van der Waals surface area contributed by atoms with Gasteiger partial charge in [0, 0.05) is 53.9 Å². The second-order valence-corrected chi connectivity index (χ2v) is 12.2. The molecule has 1 atom stereocenters. The van der Waals surface area contributed by atoms with Gasteiger partial charge in [-0.3, -0.25) is 19.7 Å². The summed E-state index contributed by atoms with van der Waals surface area (Å²) in [7, 11) is 1.62. The number of nitrogens with one attached hydrogen (secondary N) is 2. The van der Waals surface area contributed by atoms with Crippen molar-refractivity contribution in [1.29, 1.82) is 0 Å². The van der Waals surface area contributed by atoms with Crippen LogP contribution in [-0.4, -0.2) is 81.7 Å². The van der Waals surface area contributed by atoms with Crippen molar-refractivity contribution < 1.29 is 18.0 Å². The number of carbonyl (C=O) groups is 1. The number of rotatable bonds is 11. The average Bonchev–Trinajstić information content (AvgIpc) is 3.03. The maximum Gasteiger partial charge on any atom is 0.401 e. The van der Waals surface area contributed by atoms with E-state index in [1.54, 1.807) is 37.3 Å². The van der Waals surface area contributed by atoms with Crippen molar-refractivity contribution in [1.82, 2.24) is 30.2 Å². The number of likely N-dealkylation sites (tertiary alicyclic amines) is 1. The number of carbonyl (C=O) groups excluding carboxylic acids is 1. The summed E-state index contributed by atoms with van der Waals surface area (Å²) in [5.74, 6) is 0.909. The minimum Gasteiger partial charge on any atom is -0.369 e. The molecule has 1 aliphatic rings. The zero-order valence-corrected chi connectivity index (χ0v) is 25.6. The number of para-hydroxylation sites is 1. The fourth-order valence-corrected chi connectivity index (χ4v) is 6.24. The Labute approximate surface area is 259 Å². The van der Waals surface area contributed by atoms with Crippen LogP contribution < -0.4 is 10.6 Å². The number of alkyl halides is 3. The van der Waals surface area contributed by atoms with E-state index in [4.69, 9.17) is 0 Å². The van der Waals surface area contributed by atoms with Gasteiger partial charge in [0.25, 0.3) is 5.91 Å². The molecule has 0 aliphatic carbocycles. The lowest BCUT2D eigenvalue weighted by molar-refractivity contribution is -0.148. The van der Waals surface area contributed by atoms with Crippen LogP contribution in [0.15, 0.2) is 61.2 Å². The molecule has 12 heteroatoms. The molecular weight excluding hydrogens is 587 g/mol. The normalized spacial score (nSPS) is 15.3. The molecule has 1 aliphatic heterocycles. The lowest BCUT2D eigenvalue weighted by Crippen LogP contribution is -2.40. The number of pyridine rings is 2. The van der Waals surface area contributed by atoms with Crippen molar-refractivity contribution in [2.45, 2.75) is 37.1 Å². The van der Waals surface area contributed by atoms with Gasteiger partial charge in [-0.15, -0.1) is 0 Å². The second-order valence-electron chi connectivity index (χ2n) is 11.1. The maximum absolute atomic E-state index is 12.7. The number of aromatic nitrogens is 4. The smallest absolute Gasteiger partial charge is 0.369 e. The van der Waals surface area contributed by atoms with Crippen LogP contribution in [0.4, 0.5) is 19.0 Å². The zero-order chi connectivity index (χ0) is 31.1. The molecule has 1 unspecified atom stereocenters. The van der Waals surface area contributed by atoms with Crippen LogP contribution in [0.2, 0.25) is 0 Å². The van der Waals surface area contributed by atoms with Crippen molar-refractivity contribution in [2.75, 3.05) is 44.8 Å². The SMILES string of the molecule is CNC(=O)c1ccnc2c(CC(CNc3cc(-c4ccc(CC5CCN(CC(F)(F)F)CC5)nc4)ncn3)SC)cccc12. The minimum atomic E-state index is -4.15. The Morgan fingerprint density at radius 1 is 1.09 bits per heavy atom. The molecule has 1 amide bonds. The summed E-state index contributed by atoms with van der Waals surface area (Å²) in [6.07, 6.45) is 5.94. The summed E-state index contributed by atoms with van der Waals surface area (Å²) < 4.78 is 38.0. The number of nitrogens with zero attached hydrogens (tertiary/aromatic N) is 5. The molecule has 0 bridgehead atoms. The number of hydrogen-bond acceptors (Lipinski definition) is 8. The summed E-state index contributed by atoms with van der Waals surface area (Å²) in [4.78, 5) is 31.9. The third-order valence-corrected chi connectivity index (χ3v) is 9.01. The monoisotopic (exact) mass is 623 g/mol. The van der Waals surface area contributed by atoms with Gasteiger partial charge in [-0.25, -0.2) is 9.97 Å². The van der Waals surface area contributed by atoms with Crippen LogP contribution in [-0.2, 0) is 12.8 Å². The van der Waals surface area contributed by atoms with E-state index >= 15 is 0 Å². The first-order chi connectivity index (χ1) is 21.2. The molecular formula is C32H36F3N7OS. The maximum atomic E-state index is 12.7. The highest BCUT2D eigenvalue weighted by molar-refractivity contribution is 7.99. The number of benzene rings is 1. The first kappa shape index (κ1) is 31.6. The molecule has 2 N–H and O–H groups in total. The fourth-order valence-electron chi connectivity index (χ4n) is 5.64. The predicted molar refractivity (Wildman–Crippen MR) is 169 cm³/mol. The van der Waals surface area contributed by atoms with Gasteiger partial charge in [0.2, 0.25) is 0 Å². The van der Waals surface area contributed by atoms with Crippen LogP contribution in [0, 0.1) is 5.92 Å². The molecule has 8 nitrogen and oxygen atoms in total. The molecule has 3 aromatic heterocycles. The fraction of sp³-hybridized carbons (Fsp3) is 0.406. The lowest BCUT2D eigenvalue weighted by atomic mass is 9.92. The first-order valence-corrected chi connectivity index (χ1v) is 15.9. The first-order valence-electron chi connectivity index (χ1n) is 14.6. The molecule has 1 fully saturated rings. The number of piperidine rings is 1. The molecule has 0 radical (unpaired) electrons. The van der Waals surface area contributed by atoms with Gasteiger partial charge in [-0.05, 0) is 74.7 Å². The van der Waals surface area contributed by atoms with E-state index in [9.17, 15) is 18.0 Å². The van der Waals surface area contributed by atoms with E-state index in [1.165, 1.54) is 11.2 Å². The Kier molecular flexibility index (Phi) is 10.3. The van der Waals surface area contributed by atoms with Gasteiger partial charge >= 0.3 is 6.18 Å². The van der Waals surface area contributed by atoms with Crippen LogP contribution in [0.25, 0.3) is 22.2 Å². The Balaban J connectivity index is 1.18. The van der Waals surface area contributed by atoms with Crippen LogP contribution in [0.3, 0.4) is 0 Å². The predicted octanol–water partition coefficient (Wildman–Crippen LogP) is 5.65. The second kappa shape index (κ2) is 14.3. The lowest BCUT2D eigenvalue weighted by Gasteiger charge is -2.32. The molecule has 0 saturated carbocycles. The average molecular weight is 624 g/mol. The highest BCUT2D eigenvalue weighted by atomic mass is 32.2. The largest absolute Gasteiger partial charge is 0.401 e. The van der Waals surface area contributed by atoms with Gasteiger partial charge in [-0.1, -0.05) is 18.2 Å². The third-order valence-electron chi connectivity index (χ3n) is 8.01. The Hall–Kier alpha value is -3.77. The molecule has 1 saturated heterocycles. The number of thioether (sulfide) groups is 1. The molecule has 4 heterocycles. The molecule has 0 spiro atoms. The molecule has 44 heavy (non-hydrogen) atoms. The zero-order valence-electron chi connectivity index (χ0n) is 24.8. The van der Waals surface area contributed by atoms with E-state index in [2.05, 4.69) is 42.9 Å². The third kappa shape index (κ3) is 8.23. The summed E-state index contributed by atoms with van der Waals surface area (Å²) in [6.45, 7) is 0.771. The standard InChI is InChI=1S/C32H36F3N7OS/c1-36-31(43)27-8-11-37-30-22(4-3-5-26(27)30)15-25(44-2)18-39-29-16-28(40-20-41-29)23-6-7-24(38-17-23)14-21-9-12-42(13-10-21)19-32(33,34)35/h3-8,11,16-17,20-21,25H,9-10,12-15,18-19H2,1-2H3,(H,36,43)(H,39,40,41). The highest BCUT2D eigenvalue weighted by Gasteiger charge is 2.32. The molecule has 232 valence electrons.